The Balaban J connectivity index is 2.22. The van der Waals surface area contributed by atoms with Crippen LogP contribution in [-0.4, -0.2) is 28.3 Å². The number of methoxy groups -OCH3 is 1. The average molecular weight is 308 g/mol. The topological polar surface area (TPSA) is 72.8 Å². The summed E-state index contributed by atoms with van der Waals surface area (Å²) in [4.78, 5) is 12.2. The molecule has 2 aromatic carbocycles. The van der Waals surface area contributed by atoms with Crippen molar-refractivity contribution >= 4 is 27.9 Å². The van der Waals surface area contributed by atoms with Gasteiger partial charge in [-0.3, -0.25) is 13.5 Å². The van der Waals surface area contributed by atoms with Gasteiger partial charge in [-0.25, -0.2) is 0 Å². The molecule has 0 amide bonds. The van der Waals surface area contributed by atoms with Crippen LogP contribution in [0.2, 0.25) is 0 Å². The highest BCUT2D eigenvalue weighted by Crippen LogP contribution is 2.23. The number of hydrogen-bond donors (Lipinski definition) is 1. The number of carbonyl (C=O) groups excluding carboxylic acids is 1. The van der Waals surface area contributed by atoms with Gasteiger partial charge in [0, 0.05) is 11.5 Å². The molecule has 0 fully saturated rings. The summed E-state index contributed by atoms with van der Waals surface area (Å²) < 4.78 is 28.7. The first-order valence-electron chi connectivity index (χ1n) is 6.37. The first-order valence-corrected chi connectivity index (χ1v) is 7.40. The molecular weight excluding hydrogens is 292 g/mol. The molecule has 2 unspecified atom stereocenters. The Labute approximate surface area is 125 Å². The normalized spacial score (nSPS) is 13.9. The number of carbonyl (C=O) groups is 1. The standard InChI is InChI=1S/C15H16O5S/c1-10(9-20-21(17)18)15(16)13-4-3-12-8-14(19-2)6-5-11(12)7-13/h3-8,10H,9H2,1-2H3,(H,17,18). The second kappa shape index (κ2) is 6.80. The molecule has 0 radical (unpaired) electrons. The van der Waals surface area contributed by atoms with Gasteiger partial charge >= 0.3 is 11.4 Å². The fourth-order valence-electron chi connectivity index (χ4n) is 2.02. The minimum atomic E-state index is -2.35. The number of Topliss-reactive ketones (excluding diaryl/α,β-unsaturated/α-hetero) is 1. The van der Waals surface area contributed by atoms with Crippen LogP contribution in [0.25, 0.3) is 10.8 Å². The molecule has 2 atom stereocenters. The molecule has 0 aliphatic carbocycles. The molecule has 0 heterocycles. The Kier molecular flexibility index (Phi) is 5.06. The summed E-state index contributed by atoms with van der Waals surface area (Å²) >= 11 is -2.35. The van der Waals surface area contributed by atoms with Crippen molar-refractivity contribution in [2.24, 2.45) is 5.92 Å². The second-order valence-corrected chi connectivity index (χ2v) is 5.36. The maximum Gasteiger partial charge on any atom is 0.301 e. The molecule has 5 nitrogen and oxygen atoms in total. The van der Waals surface area contributed by atoms with E-state index in [9.17, 15) is 9.00 Å². The van der Waals surface area contributed by atoms with Gasteiger partial charge in [-0.15, -0.1) is 0 Å². The van der Waals surface area contributed by atoms with E-state index in [2.05, 4.69) is 4.18 Å². The first-order chi connectivity index (χ1) is 10.0. The smallest absolute Gasteiger partial charge is 0.301 e. The summed E-state index contributed by atoms with van der Waals surface area (Å²) in [6, 6.07) is 11.0. The average Bonchev–Trinajstić information content (AvgIpc) is 2.50. The SMILES string of the molecule is COc1ccc2cc(C(=O)C(C)COS(=O)O)ccc2c1. The predicted octanol–water partition coefficient (Wildman–Crippen LogP) is 2.82. The van der Waals surface area contributed by atoms with Crippen LogP contribution in [-0.2, 0) is 15.5 Å². The van der Waals surface area contributed by atoms with E-state index >= 15 is 0 Å². The van der Waals surface area contributed by atoms with Crippen LogP contribution in [0.15, 0.2) is 36.4 Å². The van der Waals surface area contributed by atoms with Crippen molar-refractivity contribution < 1.29 is 22.5 Å². The van der Waals surface area contributed by atoms with Gasteiger partial charge in [0.05, 0.1) is 13.7 Å². The van der Waals surface area contributed by atoms with Gasteiger partial charge in [0.1, 0.15) is 5.75 Å². The van der Waals surface area contributed by atoms with Crippen LogP contribution in [0.3, 0.4) is 0 Å². The number of rotatable bonds is 6. The van der Waals surface area contributed by atoms with Gasteiger partial charge in [-0.2, -0.15) is 4.21 Å². The fourth-order valence-corrected chi connectivity index (χ4v) is 2.35. The van der Waals surface area contributed by atoms with Crippen LogP contribution in [0, 0.1) is 5.92 Å². The fraction of sp³-hybridized carbons (Fsp3) is 0.267. The van der Waals surface area contributed by atoms with Crippen molar-refractivity contribution in [1.29, 1.82) is 0 Å². The van der Waals surface area contributed by atoms with Crippen molar-refractivity contribution in [3.63, 3.8) is 0 Å². The highest BCUT2D eigenvalue weighted by atomic mass is 32.2. The van der Waals surface area contributed by atoms with Gasteiger partial charge in [0.15, 0.2) is 5.78 Å². The van der Waals surface area contributed by atoms with Crippen LogP contribution < -0.4 is 4.74 Å². The molecule has 0 bridgehead atoms. The highest BCUT2D eigenvalue weighted by molar-refractivity contribution is 7.74. The van der Waals surface area contributed by atoms with Crippen LogP contribution in [0.5, 0.6) is 5.75 Å². The lowest BCUT2D eigenvalue weighted by molar-refractivity contribution is 0.0892. The lowest BCUT2D eigenvalue weighted by Crippen LogP contribution is -2.17. The van der Waals surface area contributed by atoms with Crippen LogP contribution in [0.1, 0.15) is 17.3 Å². The monoisotopic (exact) mass is 308 g/mol. The number of ether oxygens (including phenoxy) is 1. The van der Waals surface area contributed by atoms with Gasteiger partial charge in [0.2, 0.25) is 0 Å². The molecule has 0 aliphatic heterocycles. The summed E-state index contributed by atoms with van der Waals surface area (Å²) in [5.74, 6) is 0.142. The van der Waals surface area contributed by atoms with E-state index in [0.717, 1.165) is 16.5 Å². The quantitative estimate of drug-likeness (QED) is 0.656. The Hall–Kier alpha value is -1.76. The molecular formula is C15H16O5S. The van der Waals surface area contributed by atoms with E-state index in [0.29, 0.717) is 5.56 Å². The third kappa shape index (κ3) is 3.87. The van der Waals surface area contributed by atoms with E-state index in [-0.39, 0.29) is 12.4 Å². The third-order valence-corrected chi connectivity index (χ3v) is 3.54. The Morgan fingerprint density at radius 3 is 2.57 bits per heavy atom. The number of hydrogen-bond acceptors (Lipinski definition) is 4. The Bertz CT molecular complexity index is 683. The number of fused-ring (bicyclic) bond motifs is 1. The van der Waals surface area contributed by atoms with Gasteiger partial charge in [-0.1, -0.05) is 25.1 Å². The summed E-state index contributed by atoms with van der Waals surface area (Å²) in [5, 5.41) is 1.91. The van der Waals surface area contributed by atoms with Gasteiger partial charge in [-0.05, 0) is 29.0 Å². The zero-order chi connectivity index (χ0) is 15.4. The van der Waals surface area contributed by atoms with E-state index in [1.165, 1.54) is 0 Å². The zero-order valence-corrected chi connectivity index (χ0v) is 12.6. The molecule has 6 heteroatoms. The lowest BCUT2D eigenvalue weighted by Gasteiger charge is -2.10. The molecule has 1 N–H and O–H groups in total. The summed E-state index contributed by atoms with van der Waals surface area (Å²) in [6.45, 7) is 1.57. The molecule has 0 saturated carbocycles. The minimum absolute atomic E-state index is 0.0946. The largest absolute Gasteiger partial charge is 0.497 e. The summed E-state index contributed by atoms with van der Waals surface area (Å²) in [6.07, 6.45) is 0. The highest BCUT2D eigenvalue weighted by Gasteiger charge is 2.17. The summed E-state index contributed by atoms with van der Waals surface area (Å²) in [7, 11) is 1.60. The van der Waals surface area contributed by atoms with Crippen LogP contribution in [0.4, 0.5) is 0 Å². The molecule has 112 valence electrons. The maximum atomic E-state index is 12.2. The van der Waals surface area contributed by atoms with Crippen molar-refractivity contribution in [3.8, 4) is 5.75 Å². The molecule has 0 aromatic heterocycles. The van der Waals surface area contributed by atoms with Crippen molar-refractivity contribution in [1.82, 2.24) is 0 Å². The molecule has 2 rings (SSSR count). The maximum absolute atomic E-state index is 12.2. The van der Waals surface area contributed by atoms with Crippen molar-refractivity contribution in [3.05, 3.63) is 42.0 Å². The zero-order valence-electron chi connectivity index (χ0n) is 11.7. The molecule has 0 aliphatic rings. The minimum Gasteiger partial charge on any atom is -0.497 e. The predicted molar refractivity (Wildman–Crippen MR) is 80.7 cm³/mol. The van der Waals surface area contributed by atoms with Crippen molar-refractivity contribution in [2.75, 3.05) is 13.7 Å². The van der Waals surface area contributed by atoms with E-state index in [1.54, 1.807) is 26.2 Å². The third-order valence-electron chi connectivity index (χ3n) is 3.20. The van der Waals surface area contributed by atoms with Crippen LogP contribution >= 0.6 is 0 Å². The number of ketones is 1. The lowest BCUT2D eigenvalue weighted by atomic mass is 9.97. The Morgan fingerprint density at radius 1 is 1.24 bits per heavy atom. The molecule has 0 saturated heterocycles. The molecule has 0 spiro atoms. The van der Waals surface area contributed by atoms with Gasteiger partial charge in [0.25, 0.3) is 0 Å². The Morgan fingerprint density at radius 2 is 1.90 bits per heavy atom. The van der Waals surface area contributed by atoms with E-state index in [4.69, 9.17) is 9.29 Å². The summed E-state index contributed by atoms with van der Waals surface area (Å²) in [5.41, 5.74) is 0.549. The molecule has 21 heavy (non-hydrogen) atoms. The van der Waals surface area contributed by atoms with Gasteiger partial charge < -0.3 is 4.74 Å². The van der Waals surface area contributed by atoms with E-state index in [1.807, 2.05) is 24.3 Å². The van der Waals surface area contributed by atoms with E-state index < -0.39 is 17.3 Å². The second-order valence-electron chi connectivity index (χ2n) is 4.69. The van der Waals surface area contributed by atoms with Crippen molar-refractivity contribution in [2.45, 2.75) is 6.92 Å². The number of benzene rings is 2. The first kappa shape index (κ1) is 15.6. The molecule has 2 aromatic rings.